The number of fused-ring (bicyclic) bond motifs is 1. The molecule has 1 atom stereocenters. The highest BCUT2D eigenvalue weighted by molar-refractivity contribution is 9.10. The Morgan fingerprint density at radius 2 is 1.85 bits per heavy atom. The van der Waals surface area contributed by atoms with Crippen molar-refractivity contribution in [2.45, 2.75) is 11.2 Å². The Balaban J connectivity index is 2.14. The van der Waals surface area contributed by atoms with Crippen LogP contribution in [-0.2, 0) is 6.42 Å². The van der Waals surface area contributed by atoms with Crippen molar-refractivity contribution in [2.75, 3.05) is 6.61 Å². The van der Waals surface area contributed by atoms with Gasteiger partial charge in [-0.25, -0.2) is 0 Å². The van der Waals surface area contributed by atoms with E-state index in [-0.39, 0.29) is 4.83 Å². The van der Waals surface area contributed by atoms with Crippen molar-refractivity contribution < 1.29 is 4.74 Å². The summed E-state index contributed by atoms with van der Waals surface area (Å²) in [5.74, 6) is 0.936. The minimum atomic E-state index is -0.104. The highest BCUT2D eigenvalue weighted by Gasteiger charge is 2.25. The summed E-state index contributed by atoms with van der Waals surface area (Å²) in [5.41, 5.74) is 3.12. The molecule has 2 aromatic carbocycles. The minimum Gasteiger partial charge on any atom is -0.493 e. The molecule has 1 aliphatic rings. The third-order valence-electron chi connectivity index (χ3n) is 3.30. The largest absolute Gasteiger partial charge is 0.493 e. The first-order valence-corrected chi connectivity index (χ1v) is 8.57. The van der Waals surface area contributed by atoms with Crippen molar-refractivity contribution in [3.05, 3.63) is 61.5 Å². The fraction of sp³-hybridized carbons (Fsp3) is 0.200. The number of ether oxygens (including phenoxy) is 1. The molecule has 3 rings (SSSR count). The van der Waals surface area contributed by atoms with Gasteiger partial charge in [0, 0.05) is 32.1 Å². The summed E-state index contributed by atoms with van der Waals surface area (Å²) in [6.07, 6.45) is 0.928. The van der Waals surface area contributed by atoms with Gasteiger partial charge >= 0.3 is 0 Å². The Labute approximate surface area is 144 Å². The molecule has 5 heteroatoms. The van der Waals surface area contributed by atoms with Crippen molar-refractivity contribution >= 4 is 55.1 Å². The number of rotatable bonds is 2. The van der Waals surface area contributed by atoms with E-state index in [1.807, 2.05) is 24.3 Å². The first-order valence-electron chi connectivity index (χ1n) is 6.11. The molecule has 2 aromatic rings. The SMILES string of the molecule is Clc1cccc(Cl)c1C(Br)c1cc(Br)cc2c1OCC2. The van der Waals surface area contributed by atoms with Crippen LogP contribution in [0.2, 0.25) is 10.0 Å². The second-order valence-electron chi connectivity index (χ2n) is 4.58. The number of hydrogen-bond acceptors (Lipinski definition) is 1. The van der Waals surface area contributed by atoms with E-state index in [0.717, 1.165) is 34.4 Å². The Hall–Kier alpha value is -0.220. The summed E-state index contributed by atoms with van der Waals surface area (Å²) in [5, 5.41) is 1.29. The first kappa shape index (κ1) is 14.7. The van der Waals surface area contributed by atoms with Crippen LogP contribution < -0.4 is 4.74 Å². The molecular weight excluding hydrogens is 427 g/mol. The summed E-state index contributed by atoms with van der Waals surface area (Å²) in [6.45, 7) is 0.717. The van der Waals surface area contributed by atoms with E-state index >= 15 is 0 Å². The van der Waals surface area contributed by atoms with Crippen LogP contribution in [0.4, 0.5) is 0 Å². The van der Waals surface area contributed by atoms with E-state index in [0.29, 0.717) is 10.0 Å². The molecule has 0 bridgehead atoms. The number of halogens is 4. The van der Waals surface area contributed by atoms with Gasteiger partial charge in [-0.1, -0.05) is 61.1 Å². The molecule has 104 valence electrons. The van der Waals surface area contributed by atoms with Gasteiger partial charge in [-0.15, -0.1) is 0 Å². The number of hydrogen-bond donors (Lipinski definition) is 0. The molecular formula is C15H10Br2Cl2O. The lowest BCUT2D eigenvalue weighted by Crippen LogP contribution is -1.99. The van der Waals surface area contributed by atoms with Gasteiger partial charge in [0.25, 0.3) is 0 Å². The van der Waals surface area contributed by atoms with Crippen LogP contribution in [0.3, 0.4) is 0 Å². The molecule has 1 unspecified atom stereocenters. The third kappa shape index (κ3) is 2.61. The molecule has 0 aromatic heterocycles. The maximum absolute atomic E-state index is 6.30. The van der Waals surface area contributed by atoms with Gasteiger partial charge in [0.2, 0.25) is 0 Å². The van der Waals surface area contributed by atoms with Crippen molar-refractivity contribution in [1.82, 2.24) is 0 Å². The summed E-state index contributed by atoms with van der Waals surface area (Å²) in [4.78, 5) is -0.104. The quantitative estimate of drug-likeness (QED) is 0.511. The van der Waals surface area contributed by atoms with Crippen LogP contribution in [0.25, 0.3) is 0 Å². The van der Waals surface area contributed by atoms with Crippen molar-refractivity contribution in [1.29, 1.82) is 0 Å². The highest BCUT2D eigenvalue weighted by atomic mass is 79.9. The maximum Gasteiger partial charge on any atom is 0.127 e. The van der Waals surface area contributed by atoms with E-state index in [1.54, 1.807) is 0 Å². The van der Waals surface area contributed by atoms with Gasteiger partial charge in [0.15, 0.2) is 0 Å². The maximum atomic E-state index is 6.30. The normalized spacial score (nSPS) is 14.8. The number of alkyl halides is 1. The Kier molecular flexibility index (Phi) is 4.32. The Morgan fingerprint density at radius 1 is 1.15 bits per heavy atom. The molecule has 1 nitrogen and oxygen atoms in total. The van der Waals surface area contributed by atoms with Gasteiger partial charge in [0.05, 0.1) is 11.4 Å². The lowest BCUT2D eigenvalue weighted by Gasteiger charge is -2.17. The van der Waals surface area contributed by atoms with Gasteiger partial charge < -0.3 is 4.74 Å². The molecule has 1 aliphatic heterocycles. The average Bonchev–Trinajstić information content (AvgIpc) is 2.85. The third-order valence-corrected chi connectivity index (χ3v) is 5.37. The van der Waals surface area contributed by atoms with E-state index in [9.17, 15) is 0 Å². The first-order chi connectivity index (χ1) is 9.58. The Bertz CT molecular complexity index is 653. The summed E-state index contributed by atoms with van der Waals surface area (Å²) >= 11 is 19.9. The lowest BCUT2D eigenvalue weighted by atomic mass is 10.0. The zero-order valence-corrected chi connectivity index (χ0v) is 15.0. The second kappa shape index (κ2) is 5.88. The van der Waals surface area contributed by atoms with Crippen LogP contribution in [0.5, 0.6) is 5.75 Å². The van der Waals surface area contributed by atoms with E-state index in [4.69, 9.17) is 27.9 Å². The molecule has 20 heavy (non-hydrogen) atoms. The van der Waals surface area contributed by atoms with Crippen LogP contribution >= 0.6 is 55.1 Å². The lowest BCUT2D eigenvalue weighted by molar-refractivity contribution is 0.354. The number of benzene rings is 2. The fourth-order valence-electron chi connectivity index (χ4n) is 2.39. The molecule has 0 spiro atoms. The van der Waals surface area contributed by atoms with Crippen molar-refractivity contribution in [3.8, 4) is 5.75 Å². The molecule has 1 heterocycles. The minimum absolute atomic E-state index is 0.104. The fourth-order valence-corrected chi connectivity index (χ4v) is 4.63. The van der Waals surface area contributed by atoms with Crippen molar-refractivity contribution in [3.63, 3.8) is 0 Å². The predicted molar refractivity (Wildman–Crippen MR) is 90.6 cm³/mol. The molecule has 0 saturated heterocycles. The van der Waals surface area contributed by atoms with Crippen LogP contribution in [0.15, 0.2) is 34.8 Å². The zero-order valence-electron chi connectivity index (χ0n) is 10.3. The standard InChI is InChI=1S/C15H10Br2Cl2O/c16-9-6-8-4-5-20-15(8)10(7-9)14(17)13-11(18)2-1-3-12(13)19/h1-3,6-7,14H,4-5H2. The van der Waals surface area contributed by atoms with Gasteiger partial charge in [-0.3, -0.25) is 0 Å². The van der Waals surface area contributed by atoms with Crippen LogP contribution in [0.1, 0.15) is 21.5 Å². The van der Waals surface area contributed by atoms with E-state index in [1.165, 1.54) is 5.56 Å². The summed E-state index contributed by atoms with van der Waals surface area (Å²) in [6, 6.07) is 9.67. The second-order valence-corrected chi connectivity index (χ2v) is 7.23. The summed E-state index contributed by atoms with van der Waals surface area (Å²) < 4.78 is 6.80. The average molecular weight is 437 g/mol. The molecule has 0 saturated carbocycles. The molecule has 0 fully saturated rings. The smallest absolute Gasteiger partial charge is 0.127 e. The van der Waals surface area contributed by atoms with E-state index in [2.05, 4.69) is 37.9 Å². The molecule has 0 N–H and O–H groups in total. The summed E-state index contributed by atoms with van der Waals surface area (Å²) in [7, 11) is 0. The molecule has 0 radical (unpaired) electrons. The van der Waals surface area contributed by atoms with Crippen LogP contribution in [0, 0.1) is 0 Å². The van der Waals surface area contributed by atoms with Gasteiger partial charge in [-0.05, 0) is 29.8 Å². The predicted octanol–water partition coefficient (Wildman–Crippen LogP) is 6.18. The van der Waals surface area contributed by atoms with Gasteiger partial charge in [0.1, 0.15) is 5.75 Å². The Morgan fingerprint density at radius 3 is 2.55 bits per heavy atom. The van der Waals surface area contributed by atoms with Crippen molar-refractivity contribution in [2.24, 2.45) is 0 Å². The molecule has 0 aliphatic carbocycles. The van der Waals surface area contributed by atoms with Crippen LogP contribution in [-0.4, -0.2) is 6.61 Å². The van der Waals surface area contributed by atoms with E-state index < -0.39 is 0 Å². The van der Waals surface area contributed by atoms with Gasteiger partial charge in [-0.2, -0.15) is 0 Å². The zero-order chi connectivity index (χ0) is 14.3. The monoisotopic (exact) mass is 434 g/mol. The highest BCUT2D eigenvalue weighted by Crippen LogP contribution is 2.46. The molecule has 0 amide bonds. The topological polar surface area (TPSA) is 9.23 Å².